The van der Waals surface area contributed by atoms with Gasteiger partial charge in [0.25, 0.3) is 5.91 Å². The number of nitriles is 1. The van der Waals surface area contributed by atoms with Gasteiger partial charge in [-0.15, -0.1) is 4.99 Å². The molecule has 0 aromatic heterocycles. The molecule has 30 heavy (non-hydrogen) atoms. The monoisotopic (exact) mass is 409 g/mol. The van der Waals surface area contributed by atoms with E-state index < -0.39 is 5.41 Å². The Morgan fingerprint density at radius 3 is 2.60 bits per heavy atom. The zero-order chi connectivity index (χ0) is 21.6. The van der Waals surface area contributed by atoms with Crippen LogP contribution in [0.1, 0.15) is 28.8 Å². The highest BCUT2D eigenvalue weighted by atomic mass is 19.1. The van der Waals surface area contributed by atoms with Crippen LogP contribution in [0.15, 0.2) is 53.5 Å². The highest BCUT2D eigenvalue weighted by Crippen LogP contribution is 2.36. The quantitative estimate of drug-likeness (QED) is 0.448. The van der Waals surface area contributed by atoms with Gasteiger partial charge in [0.2, 0.25) is 12.2 Å². The lowest BCUT2D eigenvalue weighted by Gasteiger charge is -2.42. The van der Waals surface area contributed by atoms with Crippen molar-refractivity contribution in [3.63, 3.8) is 0 Å². The topological polar surface area (TPSA) is 104 Å². The third-order valence-corrected chi connectivity index (χ3v) is 5.59. The maximum atomic E-state index is 14.7. The predicted molar refractivity (Wildman–Crippen MR) is 111 cm³/mol. The first-order valence-corrected chi connectivity index (χ1v) is 9.64. The van der Waals surface area contributed by atoms with Gasteiger partial charge in [-0.2, -0.15) is 5.26 Å². The number of nitrogens with zero attached hydrogens (tertiary/aromatic N) is 3. The molecule has 156 valence electrons. The highest BCUT2D eigenvalue weighted by molar-refractivity contribution is 5.97. The fourth-order valence-corrected chi connectivity index (χ4v) is 3.90. The van der Waals surface area contributed by atoms with Crippen LogP contribution in [0.4, 0.5) is 4.39 Å². The molecule has 0 spiro atoms. The Morgan fingerprint density at radius 1 is 1.27 bits per heavy atom. The molecule has 7 nitrogen and oxygen atoms in total. The van der Waals surface area contributed by atoms with Crippen molar-refractivity contribution in [1.29, 1.82) is 5.26 Å². The van der Waals surface area contributed by atoms with Crippen LogP contribution in [0, 0.1) is 17.3 Å². The highest BCUT2D eigenvalue weighted by Gasteiger charge is 2.39. The summed E-state index contributed by atoms with van der Waals surface area (Å²) < 4.78 is 20.0. The molecule has 0 aliphatic carbocycles. The molecule has 3 N–H and O–H groups in total. The molecule has 0 saturated carbocycles. The van der Waals surface area contributed by atoms with E-state index in [4.69, 9.17) is 15.7 Å². The summed E-state index contributed by atoms with van der Waals surface area (Å²) >= 11 is 0. The van der Waals surface area contributed by atoms with Gasteiger partial charge in [0.1, 0.15) is 11.6 Å². The Labute approximate surface area is 175 Å². The van der Waals surface area contributed by atoms with Crippen LogP contribution < -0.4 is 15.8 Å². The van der Waals surface area contributed by atoms with Crippen LogP contribution in [0.5, 0.6) is 5.75 Å². The first kappa shape index (κ1) is 21.1. The maximum Gasteiger partial charge on any atom is 0.255 e. The lowest BCUT2D eigenvalue weighted by Crippen LogP contribution is -2.52. The zero-order valence-corrected chi connectivity index (χ0v) is 16.8. The van der Waals surface area contributed by atoms with E-state index in [1.165, 1.54) is 13.2 Å². The van der Waals surface area contributed by atoms with Gasteiger partial charge in [-0.05, 0) is 36.6 Å². The molecule has 1 heterocycles. The van der Waals surface area contributed by atoms with Crippen LogP contribution in [-0.4, -0.2) is 43.5 Å². The fourth-order valence-electron chi connectivity index (χ4n) is 3.90. The minimum Gasteiger partial charge on any atom is -0.496 e. The van der Waals surface area contributed by atoms with Crippen LogP contribution in [0.25, 0.3) is 0 Å². The number of amides is 1. The third kappa shape index (κ3) is 4.35. The number of benzene rings is 2. The van der Waals surface area contributed by atoms with E-state index in [9.17, 15) is 9.18 Å². The average molecular weight is 409 g/mol. The number of guanidine groups is 1. The number of ether oxygens (including phenoxy) is 1. The standard InChI is InChI=1S/C22H24FN5O2/c1-30-19-9-5-2-6-16(19)20(29)26-14-22(17-7-3-4-8-18(17)23)10-12-28(13-11-22)21(25)27-15-24/h2-9H,10-14H2,1H3,(H2,25,27)(H,26,29). The van der Waals surface area contributed by atoms with E-state index in [1.54, 1.807) is 53.6 Å². The fraction of sp³-hybridized carbons (Fsp3) is 0.318. The SMILES string of the molecule is COc1ccccc1C(=O)NCC1(c2ccccc2F)CCN(C(N)=NC#N)CC1. The number of hydrogen-bond acceptors (Lipinski definition) is 4. The van der Waals surface area contributed by atoms with Gasteiger partial charge in [-0.1, -0.05) is 30.3 Å². The minimum atomic E-state index is -0.605. The van der Waals surface area contributed by atoms with E-state index in [0.717, 1.165) is 0 Å². The van der Waals surface area contributed by atoms with Crippen molar-refractivity contribution in [2.45, 2.75) is 18.3 Å². The Morgan fingerprint density at radius 2 is 1.93 bits per heavy atom. The largest absolute Gasteiger partial charge is 0.496 e. The summed E-state index contributed by atoms with van der Waals surface area (Å²) in [4.78, 5) is 18.2. The van der Waals surface area contributed by atoms with Gasteiger partial charge in [0, 0.05) is 25.0 Å². The molecular formula is C22H24FN5O2. The summed E-state index contributed by atoms with van der Waals surface area (Å²) in [5, 5.41) is 11.7. The maximum absolute atomic E-state index is 14.7. The number of nitrogens with one attached hydrogen (secondary N) is 1. The van der Waals surface area contributed by atoms with Gasteiger partial charge >= 0.3 is 0 Å². The number of likely N-dealkylation sites (tertiary alicyclic amines) is 1. The Bertz CT molecular complexity index is 977. The van der Waals surface area contributed by atoms with Crippen molar-refractivity contribution in [2.75, 3.05) is 26.7 Å². The summed E-state index contributed by atoms with van der Waals surface area (Å²) in [5.41, 5.74) is 6.22. The molecule has 8 heteroatoms. The number of aliphatic imine (C=N–C) groups is 1. The molecule has 1 aliphatic rings. The van der Waals surface area contributed by atoms with Crippen molar-refractivity contribution >= 4 is 11.9 Å². The lowest BCUT2D eigenvalue weighted by molar-refractivity contribution is 0.0928. The number of carbonyl (C=O) groups is 1. The molecule has 1 saturated heterocycles. The molecule has 2 aromatic carbocycles. The molecule has 0 unspecified atom stereocenters. The summed E-state index contributed by atoms with van der Waals surface area (Å²) in [7, 11) is 1.51. The Hall–Kier alpha value is -3.60. The smallest absolute Gasteiger partial charge is 0.255 e. The van der Waals surface area contributed by atoms with E-state index >= 15 is 0 Å². The first-order chi connectivity index (χ1) is 14.5. The number of para-hydroxylation sites is 1. The number of nitrogens with two attached hydrogens (primary N) is 1. The molecule has 0 radical (unpaired) electrons. The second-order valence-corrected chi connectivity index (χ2v) is 7.20. The molecule has 1 aliphatic heterocycles. The van der Waals surface area contributed by atoms with Crippen molar-refractivity contribution in [2.24, 2.45) is 10.7 Å². The van der Waals surface area contributed by atoms with E-state index in [1.807, 2.05) is 0 Å². The zero-order valence-electron chi connectivity index (χ0n) is 16.8. The van der Waals surface area contributed by atoms with Gasteiger partial charge in [-0.25, -0.2) is 4.39 Å². The summed E-state index contributed by atoms with van der Waals surface area (Å²) in [6.07, 6.45) is 2.77. The third-order valence-electron chi connectivity index (χ3n) is 5.59. The molecule has 1 amide bonds. The van der Waals surface area contributed by atoms with Crippen LogP contribution in [0.2, 0.25) is 0 Å². The molecular weight excluding hydrogens is 385 g/mol. The van der Waals surface area contributed by atoms with Gasteiger partial charge in [0.05, 0.1) is 12.7 Å². The summed E-state index contributed by atoms with van der Waals surface area (Å²) in [6, 6.07) is 13.6. The summed E-state index contributed by atoms with van der Waals surface area (Å²) in [5.74, 6) is 0.0373. The number of piperidine rings is 1. The minimum absolute atomic E-state index is 0.151. The average Bonchev–Trinajstić information content (AvgIpc) is 2.78. The van der Waals surface area contributed by atoms with E-state index in [-0.39, 0.29) is 24.2 Å². The second kappa shape index (κ2) is 9.27. The van der Waals surface area contributed by atoms with Gasteiger partial charge in [-0.3, -0.25) is 4.79 Å². The normalized spacial score (nSPS) is 15.9. The van der Waals surface area contributed by atoms with Crippen molar-refractivity contribution in [3.05, 3.63) is 65.5 Å². The van der Waals surface area contributed by atoms with E-state index in [0.29, 0.717) is 42.8 Å². The molecule has 0 atom stereocenters. The van der Waals surface area contributed by atoms with Crippen molar-refractivity contribution in [1.82, 2.24) is 10.2 Å². The van der Waals surface area contributed by atoms with Crippen LogP contribution in [-0.2, 0) is 5.41 Å². The lowest BCUT2D eigenvalue weighted by atomic mass is 9.72. The van der Waals surface area contributed by atoms with Crippen molar-refractivity contribution < 1.29 is 13.9 Å². The Balaban J connectivity index is 1.83. The van der Waals surface area contributed by atoms with Crippen LogP contribution >= 0.6 is 0 Å². The number of hydrogen-bond donors (Lipinski definition) is 2. The summed E-state index contributed by atoms with van der Waals surface area (Å²) in [6.45, 7) is 1.25. The first-order valence-electron chi connectivity index (χ1n) is 9.64. The van der Waals surface area contributed by atoms with Gasteiger partial charge in [0.15, 0.2) is 0 Å². The van der Waals surface area contributed by atoms with Crippen molar-refractivity contribution in [3.8, 4) is 11.9 Å². The number of halogens is 1. The molecule has 3 rings (SSSR count). The number of methoxy groups -OCH3 is 1. The van der Waals surface area contributed by atoms with E-state index in [2.05, 4.69) is 10.3 Å². The Kier molecular flexibility index (Phi) is 6.52. The predicted octanol–water partition coefficient (Wildman–Crippen LogP) is 2.39. The molecule has 0 bridgehead atoms. The molecule has 2 aromatic rings. The second-order valence-electron chi connectivity index (χ2n) is 7.20. The number of rotatable bonds is 5. The van der Waals surface area contributed by atoms with Crippen LogP contribution in [0.3, 0.4) is 0 Å². The number of carbonyl (C=O) groups excluding carboxylic acids is 1. The van der Waals surface area contributed by atoms with Gasteiger partial charge < -0.3 is 20.7 Å². The molecule has 1 fully saturated rings.